The summed E-state index contributed by atoms with van der Waals surface area (Å²) in [6, 6.07) is 9.71. The number of halogens is 3. The van der Waals surface area contributed by atoms with Crippen molar-refractivity contribution < 1.29 is 27.5 Å². The first-order chi connectivity index (χ1) is 22.9. The van der Waals surface area contributed by atoms with E-state index < -0.39 is 17.6 Å². The first-order valence-electron chi connectivity index (χ1n) is 15.5. The molecule has 11 nitrogen and oxygen atoms in total. The number of carbonyl (C=O) groups excluding carboxylic acids is 2. The Morgan fingerprint density at radius 2 is 1.81 bits per heavy atom. The highest BCUT2D eigenvalue weighted by molar-refractivity contribution is 6.06. The van der Waals surface area contributed by atoms with E-state index in [0.29, 0.717) is 34.7 Å². The van der Waals surface area contributed by atoms with Crippen LogP contribution in [0.4, 0.5) is 41.9 Å². The summed E-state index contributed by atoms with van der Waals surface area (Å²) in [6.07, 6.45) is 1.83. The van der Waals surface area contributed by atoms with Crippen LogP contribution in [0.25, 0.3) is 11.0 Å². The van der Waals surface area contributed by atoms with Gasteiger partial charge < -0.3 is 35.1 Å². The Morgan fingerprint density at radius 3 is 2.48 bits per heavy atom. The van der Waals surface area contributed by atoms with Crippen molar-refractivity contribution in [2.24, 2.45) is 0 Å². The third-order valence-electron chi connectivity index (χ3n) is 8.25. The molecule has 2 aromatic heterocycles. The standard InChI is InChI=1S/C34H39F3N8O3/c1-6-30(46)40-25-18-26(29(48-5)19-27(25)44(4)15-14-43(2)3)41-33-38-20-21-16-28(45(31(21)42-33)24-12-7-8-13-24)32(47)39-23-11-9-10-22(17-23)34(35,36)37/h6,9-11,16-20,24H,1,7-8,12-15H2,2-5H3,(H,39,47)(H,40,46)(H,38,41,42). The molecular formula is C34H39F3N8O3. The number of alkyl halides is 3. The van der Waals surface area contributed by atoms with Gasteiger partial charge in [0.05, 0.1) is 29.7 Å². The molecule has 254 valence electrons. The summed E-state index contributed by atoms with van der Waals surface area (Å²) < 4.78 is 47.5. The highest BCUT2D eigenvalue weighted by atomic mass is 19.4. The van der Waals surface area contributed by atoms with Crippen LogP contribution in [-0.2, 0) is 11.0 Å². The molecule has 1 fully saturated rings. The van der Waals surface area contributed by atoms with Crippen LogP contribution >= 0.6 is 0 Å². The van der Waals surface area contributed by atoms with Gasteiger partial charge in [0.2, 0.25) is 11.9 Å². The van der Waals surface area contributed by atoms with E-state index in [1.165, 1.54) is 25.3 Å². The van der Waals surface area contributed by atoms with E-state index in [4.69, 9.17) is 9.72 Å². The van der Waals surface area contributed by atoms with Crippen molar-refractivity contribution in [1.82, 2.24) is 19.4 Å². The van der Waals surface area contributed by atoms with Crippen LogP contribution in [0.2, 0.25) is 0 Å². The third kappa shape index (κ3) is 7.71. The number of nitrogens with one attached hydrogen (secondary N) is 3. The van der Waals surface area contributed by atoms with Gasteiger partial charge in [-0.15, -0.1) is 0 Å². The number of fused-ring (bicyclic) bond motifs is 1. The maximum Gasteiger partial charge on any atom is 0.416 e. The number of anilines is 5. The molecule has 2 aromatic carbocycles. The van der Waals surface area contributed by atoms with Crippen molar-refractivity contribution in [3.05, 3.63) is 72.6 Å². The fourth-order valence-electron chi connectivity index (χ4n) is 5.77. The minimum absolute atomic E-state index is 0.0280. The number of methoxy groups -OCH3 is 1. The van der Waals surface area contributed by atoms with Crippen molar-refractivity contribution in [1.29, 1.82) is 0 Å². The van der Waals surface area contributed by atoms with Crippen LogP contribution in [0.1, 0.15) is 47.8 Å². The zero-order valence-corrected chi connectivity index (χ0v) is 27.3. The predicted molar refractivity (Wildman–Crippen MR) is 181 cm³/mol. The minimum Gasteiger partial charge on any atom is -0.494 e. The number of likely N-dealkylation sites (N-methyl/N-ethyl adjacent to an activating group) is 2. The molecule has 1 aliphatic carbocycles. The zero-order chi connectivity index (χ0) is 34.6. The van der Waals surface area contributed by atoms with Gasteiger partial charge in [-0.05, 0) is 63.3 Å². The number of rotatable bonds is 12. The lowest BCUT2D eigenvalue weighted by atomic mass is 10.2. The van der Waals surface area contributed by atoms with Crippen LogP contribution < -0.4 is 25.6 Å². The first kappa shape index (κ1) is 34.2. The van der Waals surface area contributed by atoms with E-state index in [9.17, 15) is 22.8 Å². The maximum absolute atomic E-state index is 13.6. The Labute approximate surface area is 276 Å². The van der Waals surface area contributed by atoms with Gasteiger partial charge in [0.1, 0.15) is 17.1 Å². The fraction of sp³-hybridized carbons (Fsp3) is 0.353. The second-order valence-corrected chi connectivity index (χ2v) is 12.0. The molecule has 5 rings (SSSR count). The number of benzene rings is 2. The predicted octanol–water partition coefficient (Wildman–Crippen LogP) is 6.69. The summed E-state index contributed by atoms with van der Waals surface area (Å²) in [7, 11) is 7.42. The van der Waals surface area contributed by atoms with Gasteiger partial charge in [-0.1, -0.05) is 25.5 Å². The van der Waals surface area contributed by atoms with E-state index in [-0.39, 0.29) is 29.3 Å². The van der Waals surface area contributed by atoms with E-state index in [2.05, 4.69) is 32.4 Å². The average Bonchev–Trinajstić information content (AvgIpc) is 3.71. The van der Waals surface area contributed by atoms with Crippen molar-refractivity contribution in [3.63, 3.8) is 0 Å². The van der Waals surface area contributed by atoms with Crippen LogP contribution in [0.3, 0.4) is 0 Å². The quantitative estimate of drug-likeness (QED) is 0.144. The molecule has 48 heavy (non-hydrogen) atoms. The Balaban J connectivity index is 1.51. The van der Waals surface area contributed by atoms with E-state index >= 15 is 0 Å². The molecule has 2 amide bonds. The fourth-order valence-corrected chi connectivity index (χ4v) is 5.77. The average molecular weight is 665 g/mol. The van der Waals surface area contributed by atoms with Crippen LogP contribution in [0.5, 0.6) is 5.75 Å². The van der Waals surface area contributed by atoms with E-state index in [1.807, 2.05) is 36.7 Å². The van der Waals surface area contributed by atoms with Crippen molar-refractivity contribution in [2.45, 2.75) is 37.9 Å². The molecule has 0 saturated heterocycles. The lowest BCUT2D eigenvalue weighted by Gasteiger charge is -2.26. The largest absolute Gasteiger partial charge is 0.494 e. The number of carbonyl (C=O) groups is 2. The Bertz CT molecular complexity index is 1820. The molecule has 0 unspecified atom stereocenters. The molecule has 3 N–H and O–H groups in total. The summed E-state index contributed by atoms with van der Waals surface area (Å²) >= 11 is 0. The van der Waals surface area contributed by atoms with Gasteiger partial charge in [0.15, 0.2) is 0 Å². The molecule has 1 saturated carbocycles. The summed E-state index contributed by atoms with van der Waals surface area (Å²) in [5.41, 5.74) is 1.71. The molecule has 4 aromatic rings. The maximum atomic E-state index is 13.6. The van der Waals surface area contributed by atoms with Crippen molar-refractivity contribution >= 4 is 51.5 Å². The normalized spacial score (nSPS) is 13.5. The number of hydrogen-bond donors (Lipinski definition) is 3. The molecule has 2 heterocycles. The van der Waals surface area contributed by atoms with Gasteiger partial charge in [0.25, 0.3) is 5.91 Å². The van der Waals surface area contributed by atoms with Gasteiger partial charge >= 0.3 is 6.18 Å². The van der Waals surface area contributed by atoms with Gasteiger partial charge in [-0.3, -0.25) is 9.59 Å². The third-order valence-corrected chi connectivity index (χ3v) is 8.25. The number of amides is 2. The number of aromatic nitrogens is 3. The number of ether oxygens (including phenoxy) is 1. The molecule has 1 aliphatic rings. The Kier molecular flexibility index (Phi) is 10.2. The molecule has 0 spiro atoms. The Morgan fingerprint density at radius 1 is 1.06 bits per heavy atom. The van der Waals surface area contributed by atoms with Crippen LogP contribution in [0, 0.1) is 0 Å². The van der Waals surface area contributed by atoms with Crippen molar-refractivity contribution in [3.8, 4) is 5.75 Å². The Hall–Kier alpha value is -5.11. The topological polar surface area (TPSA) is 117 Å². The first-order valence-corrected chi connectivity index (χ1v) is 15.5. The summed E-state index contributed by atoms with van der Waals surface area (Å²) in [5.74, 6) is -0.226. The van der Waals surface area contributed by atoms with Gasteiger partial charge in [0, 0.05) is 49.5 Å². The molecule has 0 atom stereocenters. The molecule has 0 radical (unpaired) electrons. The van der Waals surface area contributed by atoms with Gasteiger partial charge in [-0.25, -0.2) is 4.98 Å². The lowest BCUT2D eigenvalue weighted by molar-refractivity contribution is -0.137. The van der Waals surface area contributed by atoms with Crippen LogP contribution in [0.15, 0.2) is 61.3 Å². The number of hydrogen-bond acceptors (Lipinski definition) is 8. The molecule has 0 bridgehead atoms. The highest BCUT2D eigenvalue weighted by Gasteiger charge is 2.31. The number of nitrogens with zero attached hydrogens (tertiary/aromatic N) is 5. The summed E-state index contributed by atoms with van der Waals surface area (Å²) in [6.45, 7) is 5.03. The monoisotopic (exact) mass is 664 g/mol. The molecule has 0 aliphatic heterocycles. The highest BCUT2D eigenvalue weighted by Crippen LogP contribution is 2.39. The summed E-state index contributed by atoms with van der Waals surface area (Å²) in [4.78, 5) is 39.3. The smallest absolute Gasteiger partial charge is 0.416 e. The van der Waals surface area contributed by atoms with E-state index in [1.54, 1.807) is 18.3 Å². The van der Waals surface area contributed by atoms with Crippen molar-refractivity contribution in [2.75, 3.05) is 62.2 Å². The second-order valence-electron chi connectivity index (χ2n) is 12.0. The van der Waals surface area contributed by atoms with E-state index in [0.717, 1.165) is 50.0 Å². The van der Waals surface area contributed by atoms with Crippen LogP contribution in [-0.4, -0.2) is 72.6 Å². The van der Waals surface area contributed by atoms with Gasteiger partial charge in [-0.2, -0.15) is 18.2 Å². The molecule has 14 heteroatoms. The second kappa shape index (κ2) is 14.3. The lowest BCUT2D eigenvalue weighted by Crippen LogP contribution is -2.29. The minimum atomic E-state index is -4.54. The summed E-state index contributed by atoms with van der Waals surface area (Å²) in [5, 5.41) is 9.31. The molecular weight excluding hydrogens is 625 g/mol. The SMILES string of the molecule is C=CC(=O)Nc1cc(Nc2ncc3cc(C(=O)Nc4cccc(C(F)(F)F)c4)n(C4CCCC4)c3n2)c(OC)cc1N(C)CCN(C)C. The zero-order valence-electron chi connectivity index (χ0n) is 27.3.